The molecule has 1 atom stereocenters. The van der Waals surface area contributed by atoms with E-state index >= 15 is 0 Å². The summed E-state index contributed by atoms with van der Waals surface area (Å²) < 4.78 is 0. The maximum absolute atomic E-state index is 5.99. The summed E-state index contributed by atoms with van der Waals surface area (Å²) in [5.74, 6) is 0. The predicted octanol–water partition coefficient (Wildman–Crippen LogP) is 3.40. The fourth-order valence-electron chi connectivity index (χ4n) is 2.99. The lowest BCUT2D eigenvalue weighted by molar-refractivity contribution is 0.114. The molecule has 0 bridgehead atoms. The molecule has 96 valence electrons. The van der Waals surface area contributed by atoms with Gasteiger partial charge in [-0.25, -0.2) is 0 Å². The van der Waals surface area contributed by atoms with E-state index in [0.29, 0.717) is 12.1 Å². The summed E-state index contributed by atoms with van der Waals surface area (Å²) in [6.45, 7) is 5.74. The third-order valence-electron chi connectivity index (χ3n) is 4.10. The lowest BCUT2D eigenvalue weighted by atomic mass is 9.89. The van der Waals surface area contributed by atoms with Crippen molar-refractivity contribution in [3.63, 3.8) is 0 Å². The van der Waals surface area contributed by atoms with Crippen molar-refractivity contribution in [3.05, 3.63) is 22.4 Å². The number of nitrogens with zero attached hydrogens (tertiary/aromatic N) is 1. The summed E-state index contributed by atoms with van der Waals surface area (Å²) in [5.41, 5.74) is 7.46. The molecule has 1 aliphatic carbocycles. The first-order valence-corrected chi connectivity index (χ1v) is 7.70. The Morgan fingerprint density at radius 1 is 1.41 bits per heavy atom. The van der Waals surface area contributed by atoms with Crippen LogP contribution in [-0.4, -0.2) is 23.5 Å². The van der Waals surface area contributed by atoms with Crippen molar-refractivity contribution in [3.8, 4) is 0 Å². The topological polar surface area (TPSA) is 29.3 Å². The van der Waals surface area contributed by atoms with Crippen LogP contribution in [0, 0.1) is 0 Å². The minimum Gasteiger partial charge on any atom is -0.328 e. The van der Waals surface area contributed by atoms with Gasteiger partial charge in [0.1, 0.15) is 0 Å². The van der Waals surface area contributed by atoms with Crippen LogP contribution in [0.1, 0.15) is 51.1 Å². The molecule has 1 aliphatic rings. The molecule has 0 aromatic carbocycles. The molecule has 0 amide bonds. The van der Waals surface area contributed by atoms with Crippen LogP contribution in [-0.2, 0) is 0 Å². The molecule has 1 heterocycles. The van der Waals surface area contributed by atoms with E-state index < -0.39 is 0 Å². The standard InChI is InChI=1S/C14H24N2S/c1-3-16(11(2)12-8-9-17-10-12)14-6-4-13(15)5-7-14/h8-11,13-14H,3-7,15H2,1-2H3. The Morgan fingerprint density at radius 2 is 2.12 bits per heavy atom. The van der Waals surface area contributed by atoms with Crippen LogP contribution >= 0.6 is 11.3 Å². The van der Waals surface area contributed by atoms with E-state index in [1.807, 2.05) is 0 Å². The van der Waals surface area contributed by atoms with Crippen molar-refractivity contribution in [2.45, 2.75) is 57.7 Å². The van der Waals surface area contributed by atoms with Gasteiger partial charge in [0.2, 0.25) is 0 Å². The third kappa shape index (κ3) is 3.09. The second-order valence-electron chi connectivity index (χ2n) is 5.13. The molecule has 1 saturated carbocycles. The van der Waals surface area contributed by atoms with Crippen molar-refractivity contribution in [1.29, 1.82) is 0 Å². The summed E-state index contributed by atoms with van der Waals surface area (Å²) in [4.78, 5) is 2.65. The number of hydrogen-bond donors (Lipinski definition) is 1. The van der Waals surface area contributed by atoms with E-state index in [9.17, 15) is 0 Å². The van der Waals surface area contributed by atoms with Crippen molar-refractivity contribution in [2.75, 3.05) is 6.54 Å². The summed E-state index contributed by atoms with van der Waals surface area (Å²) in [6, 6.07) is 3.98. The van der Waals surface area contributed by atoms with Crippen LogP contribution in [0.4, 0.5) is 0 Å². The number of rotatable bonds is 4. The normalized spacial score (nSPS) is 27.3. The average Bonchev–Trinajstić information content (AvgIpc) is 2.86. The van der Waals surface area contributed by atoms with Crippen LogP contribution in [0.2, 0.25) is 0 Å². The molecule has 1 unspecified atom stereocenters. The first kappa shape index (κ1) is 13.1. The van der Waals surface area contributed by atoms with Gasteiger partial charge in [0.15, 0.2) is 0 Å². The highest BCUT2D eigenvalue weighted by Crippen LogP contribution is 2.30. The second-order valence-corrected chi connectivity index (χ2v) is 5.91. The Kier molecular flexibility index (Phi) is 4.60. The summed E-state index contributed by atoms with van der Waals surface area (Å²) >= 11 is 1.80. The highest BCUT2D eigenvalue weighted by Gasteiger charge is 2.27. The smallest absolute Gasteiger partial charge is 0.0330 e. The lowest BCUT2D eigenvalue weighted by Gasteiger charge is -2.39. The van der Waals surface area contributed by atoms with Crippen molar-refractivity contribution < 1.29 is 0 Å². The monoisotopic (exact) mass is 252 g/mol. The van der Waals surface area contributed by atoms with Gasteiger partial charge >= 0.3 is 0 Å². The van der Waals surface area contributed by atoms with E-state index in [-0.39, 0.29) is 0 Å². The number of hydrogen-bond acceptors (Lipinski definition) is 3. The van der Waals surface area contributed by atoms with Gasteiger partial charge in [-0.15, -0.1) is 0 Å². The zero-order valence-electron chi connectivity index (χ0n) is 10.9. The fraction of sp³-hybridized carbons (Fsp3) is 0.714. The largest absolute Gasteiger partial charge is 0.328 e. The molecule has 2 N–H and O–H groups in total. The van der Waals surface area contributed by atoms with E-state index in [4.69, 9.17) is 5.73 Å². The number of thiophene rings is 1. The maximum Gasteiger partial charge on any atom is 0.0330 e. The molecule has 1 aromatic heterocycles. The lowest BCUT2D eigenvalue weighted by Crippen LogP contribution is -2.41. The van der Waals surface area contributed by atoms with Gasteiger partial charge in [-0.3, -0.25) is 4.90 Å². The zero-order chi connectivity index (χ0) is 12.3. The molecule has 1 aromatic rings. The van der Waals surface area contributed by atoms with Gasteiger partial charge in [-0.05, 0) is 61.5 Å². The highest BCUT2D eigenvalue weighted by atomic mass is 32.1. The van der Waals surface area contributed by atoms with Gasteiger partial charge in [-0.1, -0.05) is 6.92 Å². The quantitative estimate of drug-likeness (QED) is 0.890. The first-order chi connectivity index (χ1) is 8.22. The van der Waals surface area contributed by atoms with Crippen LogP contribution in [0.25, 0.3) is 0 Å². The molecule has 0 radical (unpaired) electrons. The van der Waals surface area contributed by atoms with Crippen molar-refractivity contribution in [2.24, 2.45) is 5.73 Å². The molecule has 3 heteroatoms. The Morgan fingerprint density at radius 3 is 2.65 bits per heavy atom. The van der Waals surface area contributed by atoms with Crippen LogP contribution < -0.4 is 5.73 Å². The molecule has 0 spiro atoms. The van der Waals surface area contributed by atoms with E-state index in [2.05, 4.69) is 35.6 Å². The zero-order valence-corrected chi connectivity index (χ0v) is 11.7. The Labute approximate surface area is 109 Å². The molecule has 2 nitrogen and oxygen atoms in total. The van der Waals surface area contributed by atoms with Crippen molar-refractivity contribution >= 4 is 11.3 Å². The van der Waals surface area contributed by atoms with Crippen molar-refractivity contribution in [1.82, 2.24) is 4.90 Å². The highest BCUT2D eigenvalue weighted by molar-refractivity contribution is 7.07. The molecular weight excluding hydrogens is 228 g/mol. The SMILES string of the molecule is CCN(C1CCC(N)CC1)C(C)c1ccsc1. The fourth-order valence-corrected chi connectivity index (χ4v) is 3.73. The third-order valence-corrected chi connectivity index (χ3v) is 4.80. The maximum atomic E-state index is 5.99. The summed E-state index contributed by atoms with van der Waals surface area (Å²) in [5, 5.41) is 4.46. The van der Waals surface area contributed by atoms with Crippen LogP contribution in [0.5, 0.6) is 0 Å². The molecular formula is C14H24N2S. The Bertz CT molecular complexity index is 315. The second kappa shape index (κ2) is 5.98. The molecule has 17 heavy (non-hydrogen) atoms. The van der Waals surface area contributed by atoms with Gasteiger partial charge in [0.25, 0.3) is 0 Å². The minimum atomic E-state index is 0.446. The summed E-state index contributed by atoms with van der Waals surface area (Å²) in [6.07, 6.45) is 4.92. The van der Waals surface area contributed by atoms with E-state index in [0.717, 1.165) is 12.6 Å². The first-order valence-electron chi connectivity index (χ1n) is 6.75. The number of nitrogens with two attached hydrogens (primary N) is 1. The predicted molar refractivity (Wildman–Crippen MR) is 75.3 cm³/mol. The molecule has 1 fully saturated rings. The molecule has 0 saturated heterocycles. The van der Waals surface area contributed by atoms with Gasteiger partial charge in [0.05, 0.1) is 0 Å². The van der Waals surface area contributed by atoms with Gasteiger partial charge < -0.3 is 5.73 Å². The Hall–Kier alpha value is -0.380. The average molecular weight is 252 g/mol. The van der Waals surface area contributed by atoms with Gasteiger partial charge in [-0.2, -0.15) is 11.3 Å². The van der Waals surface area contributed by atoms with Crippen LogP contribution in [0.3, 0.4) is 0 Å². The van der Waals surface area contributed by atoms with Crippen LogP contribution in [0.15, 0.2) is 16.8 Å². The van der Waals surface area contributed by atoms with E-state index in [1.54, 1.807) is 11.3 Å². The Balaban J connectivity index is 2.01. The molecule has 2 rings (SSSR count). The van der Waals surface area contributed by atoms with Gasteiger partial charge in [0, 0.05) is 18.1 Å². The summed E-state index contributed by atoms with van der Waals surface area (Å²) in [7, 11) is 0. The minimum absolute atomic E-state index is 0.446. The molecule has 0 aliphatic heterocycles. The van der Waals surface area contributed by atoms with E-state index in [1.165, 1.54) is 31.2 Å².